The van der Waals surface area contributed by atoms with Gasteiger partial charge in [-0.05, 0) is 71.6 Å². The summed E-state index contributed by atoms with van der Waals surface area (Å²) in [5.41, 5.74) is 3.04. The SMILES string of the molecule is CC(=N[S@](=O)C(C)(C)C)c1cc(C)cc2c(=O)n3c(nc12)C1(CCOCC1)CC3. The number of aromatic nitrogens is 2. The summed E-state index contributed by atoms with van der Waals surface area (Å²) < 4.78 is 24.0. The predicted octanol–water partition coefficient (Wildman–Crippen LogP) is 3.43. The standard InChI is InChI=1S/C22H29N3O3S/c1-14-12-16(15(2)24-29(27)21(3,4)5)18-17(13-14)19(26)25-9-6-22(20(25)23-18)7-10-28-11-8-22/h12-13H,6-11H2,1-5H3/t29-/m1/s1. The summed E-state index contributed by atoms with van der Waals surface area (Å²) in [7, 11) is -1.37. The third-order valence-corrected chi connectivity index (χ3v) is 7.56. The van der Waals surface area contributed by atoms with Crippen LogP contribution in [0.25, 0.3) is 10.9 Å². The maximum Gasteiger partial charge on any atom is 0.261 e. The van der Waals surface area contributed by atoms with Crippen LogP contribution in [0.4, 0.5) is 0 Å². The molecule has 2 aromatic rings. The van der Waals surface area contributed by atoms with Crippen molar-refractivity contribution in [2.24, 2.45) is 4.40 Å². The van der Waals surface area contributed by atoms with Gasteiger partial charge in [0.2, 0.25) is 0 Å². The number of rotatable bonds is 2. The molecule has 0 amide bonds. The minimum atomic E-state index is -1.37. The lowest BCUT2D eigenvalue weighted by Crippen LogP contribution is -2.34. The molecule has 1 aromatic carbocycles. The van der Waals surface area contributed by atoms with Gasteiger partial charge in [0.05, 0.1) is 21.4 Å². The highest BCUT2D eigenvalue weighted by molar-refractivity contribution is 7.85. The molecule has 0 saturated carbocycles. The van der Waals surface area contributed by atoms with Crippen LogP contribution in [0.15, 0.2) is 21.3 Å². The second-order valence-electron chi connectivity index (χ2n) is 9.28. The van der Waals surface area contributed by atoms with E-state index in [0.29, 0.717) is 36.4 Å². The Morgan fingerprint density at radius 1 is 1.24 bits per heavy atom. The molecule has 156 valence electrons. The number of nitrogens with zero attached hydrogens (tertiary/aromatic N) is 3. The Labute approximate surface area is 174 Å². The number of hydrogen-bond donors (Lipinski definition) is 0. The molecule has 0 aliphatic carbocycles. The molecule has 0 N–H and O–H groups in total. The first-order valence-electron chi connectivity index (χ1n) is 10.2. The molecule has 29 heavy (non-hydrogen) atoms. The van der Waals surface area contributed by atoms with Crippen molar-refractivity contribution in [1.29, 1.82) is 0 Å². The Morgan fingerprint density at radius 3 is 2.59 bits per heavy atom. The summed E-state index contributed by atoms with van der Waals surface area (Å²) in [5, 5.41) is 0.615. The van der Waals surface area contributed by atoms with Crippen molar-refractivity contribution >= 4 is 27.6 Å². The Hall–Kier alpha value is -1.86. The molecule has 2 aliphatic heterocycles. The van der Waals surface area contributed by atoms with Gasteiger partial charge in [0.15, 0.2) is 0 Å². The summed E-state index contributed by atoms with van der Waals surface area (Å²) >= 11 is 0. The topological polar surface area (TPSA) is 73.5 Å². The van der Waals surface area contributed by atoms with Crippen LogP contribution < -0.4 is 5.56 Å². The molecule has 0 unspecified atom stereocenters. The molecular formula is C22H29N3O3S. The second-order valence-corrected chi connectivity index (χ2v) is 11.2. The number of aryl methyl sites for hydroxylation is 1. The van der Waals surface area contributed by atoms with E-state index in [1.807, 2.05) is 51.3 Å². The van der Waals surface area contributed by atoms with Gasteiger partial charge in [-0.2, -0.15) is 4.40 Å². The monoisotopic (exact) mass is 415 g/mol. The summed E-state index contributed by atoms with van der Waals surface area (Å²) in [6.07, 6.45) is 2.73. The normalized spacial score (nSPS) is 20.2. The fourth-order valence-electron chi connectivity index (χ4n) is 4.34. The molecule has 0 bridgehead atoms. The molecular weight excluding hydrogens is 386 g/mol. The van der Waals surface area contributed by atoms with Crippen molar-refractivity contribution in [3.63, 3.8) is 0 Å². The quantitative estimate of drug-likeness (QED) is 0.705. The van der Waals surface area contributed by atoms with Gasteiger partial charge in [-0.1, -0.05) is 0 Å². The highest BCUT2D eigenvalue weighted by atomic mass is 32.2. The predicted molar refractivity (Wildman–Crippen MR) is 117 cm³/mol. The van der Waals surface area contributed by atoms with Gasteiger partial charge >= 0.3 is 0 Å². The van der Waals surface area contributed by atoms with Gasteiger partial charge in [0.25, 0.3) is 5.56 Å². The van der Waals surface area contributed by atoms with E-state index in [2.05, 4.69) is 4.40 Å². The lowest BCUT2D eigenvalue weighted by atomic mass is 9.78. The van der Waals surface area contributed by atoms with E-state index < -0.39 is 15.7 Å². The van der Waals surface area contributed by atoms with Crippen molar-refractivity contribution in [3.05, 3.63) is 39.4 Å². The van der Waals surface area contributed by atoms with Crippen LogP contribution in [0, 0.1) is 6.92 Å². The smallest absolute Gasteiger partial charge is 0.261 e. The van der Waals surface area contributed by atoms with Gasteiger partial charge in [-0.25, -0.2) is 9.19 Å². The van der Waals surface area contributed by atoms with Gasteiger partial charge in [-0.15, -0.1) is 0 Å². The maximum absolute atomic E-state index is 13.3. The first-order chi connectivity index (χ1) is 13.6. The van der Waals surface area contributed by atoms with E-state index in [4.69, 9.17) is 9.72 Å². The van der Waals surface area contributed by atoms with Crippen LogP contribution in [0.2, 0.25) is 0 Å². The Bertz CT molecular complexity index is 1090. The largest absolute Gasteiger partial charge is 0.381 e. The van der Waals surface area contributed by atoms with Crippen molar-refractivity contribution < 1.29 is 8.95 Å². The minimum Gasteiger partial charge on any atom is -0.381 e. The minimum absolute atomic E-state index is 0.0167. The summed E-state index contributed by atoms with van der Waals surface area (Å²) in [6, 6.07) is 3.90. The zero-order valence-corrected chi connectivity index (χ0v) is 18.7. The van der Waals surface area contributed by atoms with Crippen molar-refractivity contribution in [2.45, 2.75) is 70.6 Å². The van der Waals surface area contributed by atoms with E-state index in [1.165, 1.54) is 0 Å². The molecule has 1 fully saturated rings. The van der Waals surface area contributed by atoms with E-state index in [1.54, 1.807) is 0 Å². The first kappa shape index (κ1) is 20.4. The van der Waals surface area contributed by atoms with Crippen LogP contribution in [-0.2, 0) is 27.7 Å². The molecule has 2 aliphatic rings. The molecule has 3 heterocycles. The molecule has 1 aromatic heterocycles. The van der Waals surface area contributed by atoms with Crippen molar-refractivity contribution in [3.8, 4) is 0 Å². The second kappa shape index (κ2) is 7.13. The van der Waals surface area contributed by atoms with Crippen LogP contribution in [0.3, 0.4) is 0 Å². The maximum atomic E-state index is 13.3. The van der Waals surface area contributed by atoms with E-state index in [-0.39, 0.29) is 11.0 Å². The third kappa shape index (κ3) is 3.48. The average Bonchev–Trinajstić information content (AvgIpc) is 3.00. The molecule has 4 rings (SSSR count). The van der Waals surface area contributed by atoms with Gasteiger partial charge < -0.3 is 4.74 Å². The van der Waals surface area contributed by atoms with Crippen LogP contribution in [0.1, 0.15) is 63.9 Å². The lowest BCUT2D eigenvalue weighted by Gasteiger charge is -2.32. The molecule has 1 spiro atoms. The zero-order valence-electron chi connectivity index (χ0n) is 17.9. The van der Waals surface area contributed by atoms with Crippen LogP contribution >= 0.6 is 0 Å². The fraction of sp³-hybridized carbons (Fsp3) is 0.591. The van der Waals surface area contributed by atoms with Gasteiger partial charge in [0, 0.05) is 30.7 Å². The molecule has 7 heteroatoms. The van der Waals surface area contributed by atoms with Crippen molar-refractivity contribution in [1.82, 2.24) is 9.55 Å². The molecule has 1 atom stereocenters. The van der Waals surface area contributed by atoms with E-state index in [0.717, 1.165) is 36.2 Å². The van der Waals surface area contributed by atoms with E-state index in [9.17, 15) is 9.00 Å². The number of ether oxygens (including phenoxy) is 1. The highest BCUT2D eigenvalue weighted by Crippen LogP contribution is 2.41. The molecule has 0 radical (unpaired) electrons. The van der Waals surface area contributed by atoms with Gasteiger partial charge in [0.1, 0.15) is 16.8 Å². The Morgan fingerprint density at radius 2 is 1.93 bits per heavy atom. The zero-order chi connectivity index (χ0) is 21.0. The summed E-state index contributed by atoms with van der Waals surface area (Å²) in [5.74, 6) is 0.883. The third-order valence-electron chi connectivity index (χ3n) is 6.07. The Kier molecular flexibility index (Phi) is 5.02. The molecule has 1 saturated heterocycles. The number of fused-ring (bicyclic) bond motifs is 3. The van der Waals surface area contributed by atoms with E-state index >= 15 is 0 Å². The number of benzene rings is 1. The van der Waals surface area contributed by atoms with Crippen molar-refractivity contribution in [2.75, 3.05) is 13.2 Å². The summed E-state index contributed by atoms with van der Waals surface area (Å²) in [6.45, 7) is 11.7. The highest BCUT2D eigenvalue weighted by Gasteiger charge is 2.43. The average molecular weight is 416 g/mol. The van der Waals surface area contributed by atoms with Gasteiger partial charge in [-0.3, -0.25) is 9.36 Å². The Balaban J connectivity index is 1.94. The summed E-state index contributed by atoms with van der Waals surface area (Å²) in [4.78, 5) is 18.4. The van der Waals surface area contributed by atoms with Crippen LogP contribution in [-0.4, -0.2) is 37.4 Å². The number of hydrogen-bond acceptors (Lipinski definition) is 4. The lowest BCUT2D eigenvalue weighted by molar-refractivity contribution is 0.0492. The fourth-order valence-corrected chi connectivity index (χ4v) is 4.96. The first-order valence-corrected chi connectivity index (χ1v) is 11.3. The van der Waals surface area contributed by atoms with Crippen LogP contribution in [0.5, 0.6) is 0 Å². The molecule has 6 nitrogen and oxygen atoms in total.